The lowest BCUT2D eigenvalue weighted by atomic mass is 9.94. The number of ether oxygens (including phenoxy) is 4. The molecule has 0 aliphatic carbocycles. The Labute approximate surface area is 503 Å². The standard InChI is InChI=1S/C71H114N2O8S/c1-3-5-7-9-11-13-15-17-19-21-23-25-27-29-31-34-68(74)80-66-40-36-64(37-41-66)60-70(76)78-56-48-62-44-51-72(52-45-62)50-33-58-82-59-55-73-53-46-63(47-54-73)49-57-79-71(77)61-65-38-42-67(43-39-65)81-69(75)35-32-30-28-26-24-22-20-18-16-14-12-10-8-6-4-2/h17-20,36-43,62-63H,3-16,21-35,44-61H2,1-2H3/b19-17-,20-18-. The van der Waals surface area contributed by atoms with Crippen LogP contribution in [0, 0.1) is 11.8 Å². The molecule has 2 aliphatic rings. The van der Waals surface area contributed by atoms with Gasteiger partial charge in [0.2, 0.25) is 0 Å². The highest BCUT2D eigenvalue weighted by molar-refractivity contribution is 7.99. The summed E-state index contributed by atoms with van der Waals surface area (Å²) in [7, 11) is 0. The van der Waals surface area contributed by atoms with E-state index in [9.17, 15) is 19.2 Å². The SMILES string of the molecule is CCCCCCCC/C=C\CCCCCCCC(=O)Oc1ccc(CC(=O)OCCC2CCN(CCCSCCN3CCC(CCOC(=O)Cc4ccc(OC(=O)CCCCCCC/C=C\CCCCCCCC)cc4)CC3)CC2)cc1. The fourth-order valence-electron chi connectivity index (χ4n) is 11.2. The first kappa shape index (κ1) is 70.6. The van der Waals surface area contributed by atoms with E-state index in [-0.39, 0.29) is 36.7 Å². The fraction of sp³-hybridized carbons (Fsp3) is 0.718. The largest absolute Gasteiger partial charge is 0.465 e. The predicted molar refractivity (Wildman–Crippen MR) is 342 cm³/mol. The van der Waals surface area contributed by atoms with Gasteiger partial charge in [0.25, 0.3) is 0 Å². The molecule has 2 heterocycles. The molecule has 10 nitrogen and oxygen atoms in total. The van der Waals surface area contributed by atoms with Gasteiger partial charge in [-0.05, 0) is 195 Å². The molecule has 0 unspecified atom stereocenters. The number of esters is 4. The molecule has 11 heteroatoms. The average molecular weight is 1160 g/mol. The second kappa shape index (κ2) is 48.3. The molecule has 2 fully saturated rings. The average Bonchev–Trinajstić information content (AvgIpc) is 3.49. The highest BCUT2D eigenvalue weighted by Gasteiger charge is 2.21. The molecule has 0 bridgehead atoms. The van der Waals surface area contributed by atoms with Crippen LogP contribution in [0.4, 0.5) is 0 Å². The number of benzene rings is 2. The minimum absolute atomic E-state index is 0.195. The van der Waals surface area contributed by atoms with Crippen LogP contribution in [0.5, 0.6) is 11.5 Å². The molecule has 2 saturated heterocycles. The maximum atomic E-state index is 12.6. The molecule has 2 aromatic carbocycles. The van der Waals surface area contributed by atoms with Crippen molar-refractivity contribution in [1.29, 1.82) is 0 Å². The van der Waals surface area contributed by atoms with Crippen LogP contribution in [0.1, 0.15) is 250 Å². The molecule has 4 rings (SSSR count). The van der Waals surface area contributed by atoms with Crippen molar-refractivity contribution in [1.82, 2.24) is 9.80 Å². The number of likely N-dealkylation sites (tertiary alicyclic amines) is 2. The van der Waals surface area contributed by atoms with Crippen LogP contribution in [0.3, 0.4) is 0 Å². The number of rotatable bonds is 49. The minimum atomic E-state index is -0.208. The van der Waals surface area contributed by atoms with E-state index in [1.807, 2.05) is 24.3 Å². The van der Waals surface area contributed by atoms with Crippen LogP contribution < -0.4 is 9.47 Å². The Balaban J connectivity index is 0.884. The molecule has 0 spiro atoms. The third-order valence-corrected chi connectivity index (χ3v) is 17.6. The van der Waals surface area contributed by atoms with Crippen molar-refractivity contribution in [3.05, 3.63) is 84.0 Å². The number of carbonyl (C=O) groups excluding carboxylic acids is 4. The Morgan fingerprint density at radius 3 is 1.17 bits per heavy atom. The first-order valence-corrected chi connectivity index (χ1v) is 34.7. The summed E-state index contributed by atoms with van der Waals surface area (Å²) in [5, 5.41) is 0. The first-order valence-electron chi connectivity index (χ1n) is 33.5. The molecule has 462 valence electrons. The Kier molecular flexibility index (Phi) is 41.6. The van der Waals surface area contributed by atoms with Crippen molar-refractivity contribution in [2.45, 2.75) is 251 Å². The molecule has 0 N–H and O–H groups in total. The smallest absolute Gasteiger partial charge is 0.311 e. The molecule has 0 saturated carbocycles. The molecule has 0 radical (unpaired) electrons. The molecule has 0 atom stereocenters. The second-order valence-electron chi connectivity index (χ2n) is 23.8. The van der Waals surface area contributed by atoms with Gasteiger partial charge in [-0.25, -0.2) is 0 Å². The summed E-state index contributed by atoms with van der Waals surface area (Å²) in [6.07, 6.45) is 50.4. The van der Waals surface area contributed by atoms with Gasteiger partial charge in [-0.2, -0.15) is 11.8 Å². The van der Waals surface area contributed by atoms with E-state index in [0.717, 1.165) is 140 Å². The number of nitrogens with zero attached hydrogens (tertiary/aromatic N) is 2. The lowest BCUT2D eigenvalue weighted by Gasteiger charge is -2.32. The number of carbonyl (C=O) groups is 4. The highest BCUT2D eigenvalue weighted by atomic mass is 32.2. The zero-order valence-corrected chi connectivity index (χ0v) is 52.7. The summed E-state index contributed by atoms with van der Waals surface area (Å²) in [4.78, 5) is 55.2. The lowest BCUT2D eigenvalue weighted by Crippen LogP contribution is -2.36. The molecule has 82 heavy (non-hydrogen) atoms. The summed E-state index contributed by atoms with van der Waals surface area (Å²) >= 11 is 2.07. The summed E-state index contributed by atoms with van der Waals surface area (Å²) in [5.41, 5.74) is 1.72. The molecule has 0 amide bonds. The van der Waals surface area contributed by atoms with Crippen LogP contribution in [0.15, 0.2) is 72.8 Å². The monoisotopic (exact) mass is 1150 g/mol. The molecular formula is C71H114N2O8S. The lowest BCUT2D eigenvalue weighted by molar-refractivity contribution is -0.144. The van der Waals surface area contributed by atoms with E-state index < -0.39 is 0 Å². The summed E-state index contributed by atoms with van der Waals surface area (Å²) in [6.45, 7) is 12.2. The number of hydrogen-bond acceptors (Lipinski definition) is 11. The van der Waals surface area contributed by atoms with Crippen molar-refractivity contribution in [3.63, 3.8) is 0 Å². The second-order valence-corrected chi connectivity index (χ2v) is 25.0. The van der Waals surface area contributed by atoms with Crippen LogP contribution >= 0.6 is 11.8 Å². The Morgan fingerprint density at radius 2 is 0.780 bits per heavy atom. The van der Waals surface area contributed by atoms with Gasteiger partial charge < -0.3 is 28.7 Å². The van der Waals surface area contributed by atoms with E-state index >= 15 is 0 Å². The Morgan fingerprint density at radius 1 is 0.427 bits per heavy atom. The predicted octanol–water partition coefficient (Wildman–Crippen LogP) is 17.8. The summed E-state index contributed by atoms with van der Waals surface area (Å²) in [5.74, 6) is 3.81. The van der Waals surface area contributed by atoms with Crippen LogP contribution in [-0.4, -0.2) is 97.7 Å². The van der Waals surface area contributed by atoms with Gasteiger partial charge in [0.15, 0.2) is 0 Å². The van der Waals surface area contributed by atoms with Gasteiger partial charge in [0.05, 0.1) is 26.1 Å². The number of unbranched alkanes of at least 4 members (excludes halogenated alkanes) is 22. The number of thioether (sulfide) groups is 1. The zero-order valence-electron chi connectivity index (χ0n) is 51.9. The molecular weight excluding hydrogens is 1040 g/mol. The van der Waals surface area contributed by atoms with Crippen molar-refractivity contribution in [2.24, 2.45) is 11.8 Å². The van der Waals surface area contributed by atoms with Gasteiger partial charge in [-0.3, -0.25) is 19.2 Å². The summed E-state index contributed by atoms with van der Waals surface area (Å²) < 4.78 is 22.4. The number of allylic oxidation sites excluding steroid dienone is 4. The van der Waals surface area contributed by atoms with E-state index in [1.54, 1.807) is 24.3 Å². The van der Waals surface area contributed by atoms with Crippen molar-refractivity contribution >= 4 is 35.6 Å². The third-order valence-electron chi connectivity index (χ3n) is 16.6. The number of piperidine rings is 2. The first-order chi connectivity index (χ1) is 40.3. The van der Waals surface area contributed by atoms with Crippen molar-refractivity contribution < 1.29 is 38.1 Å². The highest BCUT2D eigenvalue weighted by Crippen LogP contribution is 2.24. The molecule has 2 aromatic rings. The normalized spacial score (nSPS) is 14.7. The van der Waals surface area contributed by atoms with E-state index in [4.69, 9.17) is 18.9 Å². The number of hydrogen-bond donors (Lipinski definition) is 0. The minimum Gasteiger partial charge on any atom is -0.465 e. The van der Waals surface area contributed by atoms with E-state index in [0.29, 0.717) is 49.4 Å². The third kappa shape index (κ3) is 37.4. The fourth-order valence-corrected chi connectivity index (χ4v) is 12.1. The van der Waals surface area contributed by atoms with Crippen molar-refractivity contribution in [2.75, 3.05) is 64.0 Å². The Hall–Kier alpha value is -3.93. The Bertz CT molecular complexity index is 1830. The van der Waals surface area contributed by atoms with Gasteiger partial charge in [0.1, 0.15) is 11.5 Å². The van der Waals surface area contributed by atoms with Gasteiger partial charge in [0, 0.05) is 25.1 Å². The maximum Gasteiger partial charge on any atom is 0.311 e. The molecule has 0 aromatic heterocycles. The quantitative estimate of drug-likeness (QED) is 0.0273. The van der Waals surface area contributed by atoms with Crippen molar-refractivity contribution in [3.8, 4) is 11.5 Å². The topological polar surface area (TPSA) is 112 Å². The zero-order chi connectivity index (χ0) is 58.2. The molecule has 2 aliphatic heterocycles. The summed E-state index contributed by atoms with van der Waals surface area (Å²) in [6, 6.07) is 14.5. The van der Waals surface area contributed by atoms with Crippen LogP contribution in [-0.2, 0) is 41.5 Å². The maximum absolute atomic E-state index is 12.6. The van der Waals surface area contributed by atoms with Gasteiger partial charge >= 0.3 is 23.9 Å². The van der Waals surface area contributed by atoms with E-state index in [1.165, 1.54) is 134 Å². The van der Waals surface area contributed by atoms with Gasteiger partial charge in [-0.15, -0.1) is 0 Å². The van der Waals surface area contributed by atoms with Crippen LogP contribution in [0.25, 0.3) is 0 Å². The van der Waals surface area contributed by atoms with Crippen LogP contribution in [0.2, 0.25) is 0 Å². The van der Waals surface area contributed by atoms with Gasteiger partial charge in [-0.1, -0.05) is 165 Å². The van der Waals surface area contributed by atoms with E-state index in [2.05, 4.69) is 59.7 Å².